The highest BCUT2D eigenvalue weighted by Crippen LogP contribution is 2.38. The molecule has 0 saturated heterocycles. The van der Waals surface area contributed by atoms with Gasteiger partial charge in [0.2, 0.25) is 0 Å². The average molecular weight is 210 g/mol. The first-order valence-electron chi connectivity index (χ1n) is 3.98. The molecule has 1 aromatic heterocycles. The van der Waals surface area contributed by atoms with Crippen molar-refractivity contribution in [2.45, 2.75) is 11.8 Å². The Balaban J connectivity index is 2.87. The van der Waals surface area contributed by atoms with Gasteiger partial charge in [-0.25, -0.2) is 0 Å². The lowest BCUT2D eigenvalue weighted by Gasteiger charge is -2.01. The zero-order chi connectivity index (χ0) is 9.42. The molecule has 2 aromatic rings. The van der Waals surface area contributed by atoms with Crippen LogP contribution in [0.4, 0.5) is 0 Å². The SMILES string of the molecule is CSc1ccc(O)c2c(C)csc12. The van der Waals surface area contributed by atoms with Crippen LogP contribution in [0.2, 0.25) is 0 Å². The van der Waals surface area contributed by atoms with Crippen LogP contribution >= 0.6 is 23.1 Å². The molecule has 0 spiro atoms. The number of benzene rings is 1. The van der Waals surface area contributed by atoms with Gasteiger partial charge >= 0.3 is 0 Å². The van der Waals surface area contributed by atoms with Crippen LogP contribution in [0.3, 0.4) is 0 Å². The van der Waals surface area contributed by atoms with Crippen molar-refractivity contribution < 1.29 is 5.11 Å². The Morgan fingerprint density at radius 3 is 2.85 bits per heavy atom. The maximum absolute atomic E-state index is 9.66. The minimum atomic E-state index is 0.395. The maximum atomic E-state index is 9.66. The van der Waals surface area contributed by atoms with Crippen LogP contribution < -0.4 is 0 Å². The molecule has 0 aliphatic carbocycles. The summed E-state index contributed by atoms with van der Waals surface area (Å²) in [5.41, 5.74) is 1.16. The Morgan fingerprint density at radius 1 is 1.38 bits per heavy atom. The zero-order valence-corrected chi connectivity index (χ0v) is 9.13. The van der Waals surface area contributed by atoms with E-state index in [-0.39, 0.29) is 0 Å². The van der Waals surface area contributed by atoms with Gasteiger partial charge in [0.1, 0.15) is 5.75 Å². The molecule has 0 amide bonds. The van der Waals surface area contributed by atoms with Crippen molar-refractivity contribution in [1.82, 2.24) is 0 Å². The van der Waals surface area contributed by atoms with E-state index in [1.165, 1.54) is 9.60 Å². The minimum absolute atomic E-state index is 0.395. The number of fused-ring (bicyclic) bond motifs is 1. The second-order valence-corrected chi connectivity index (χ2v) is 4.64. The third-order valence-electron chi connectivity index (χ3n) is 2.07. The Morgan fingerprint density at radius 2 is 2.15 bits per heavy atom. The summed E-state index contributed by atoms with van der Waals surface area (Å²) in [4.78, 5) is 1.24. The summed E-state index contributed by atoms with van der Waals surface area (Å²) in [5.74, 6) is 0.395. The third-order valence-corrected chi connectivity index (χ3v) is 4.11. The molecule has 1 heterocycles. The van der Waals surface area contributed by atoms with Gasteiger partial charge in [-0.1, -0.05) is 0 Å². The quantitative estimate of drug-likeness (QED) is 0.725. The molecule has 0 saturated carbocycles. The van der Waals surface area contributed by atoms with Gasteiger partial charge in [0.15, 0.2) is 0 Å². The van der Waals surface area contributed by atoms with Gasteiger partial charge in [0.05, 0.1) is 4.70 Å². The maximum Gasteiger partial charge on any atom is 0.124 e. The van der Waals surface area contributed by atoms with Gasteiger partial charge in [-0.3, -0.25) is 0 Å². The fourth-order valence-electron chi connectivity index (χ4n) is 1.42. The normalized spacial score (nSPS) is 10.9. The molecule has 0 aliphatic rings. The standard InChI is InChI=1S/C10H10OS2/c1-6-5-13-10-8(12-2)4-3-7(11)9(6)10/h3-5,11H,1-2H3. The predicted octanol–water partition coefficient (Wildman–Crippen LogP) is 3.64. The third kappa shape index (κ3) is 1.32. The molecular weight excluding hydrogens is 200 g/mol. The molecule has 0 radical (unpaired) electrons. The average Bonchev–Trinajstić information content (AvgIpc) is 2.50. The first kappa shape index (κ1) is 8.91. The van der Waals surface area contributed by atoms with Gasteiger partial charge in [-0.05, 0) is 36.3 Å². The Hall–Kier alpha value is -0.670. The van der Waals surface area contributed by atoms with E-state index in [9.17, 15) is 5.11 Å². The number of thioether (sulfide) groups is 1. The number of hydrogen-bond donors (Lipinski definition) is 1. The lowest BCUT2D eigenvalue weighted by atomic mass is 10.2. The minimum Gasteiger partial charge on any atom is -0.507 e. The van der Waals surface area contributed by atoms with Gasteiger partial charge in [-0.15, -0.1) is 23.1 Å². The van der Waals surface area contributed by atoms with Crippen LogP contribution in [-0.2, 0) is 0 Å². The van der Waals surface area contributed by atoms with Crippen molar-refractivity contribution in [1.29, 1.82) is 0 Å². The summed E-state index contributed by atoms with van der Waals surface area (Å²) in [5, 5.41) is 12.8. The van der Waals surface area contributed by atoms with E-state index in [0.29, 0.717) is 5.75 Å². The Labute approximate surface area is 85.4 Å². The highest BCUT2D eigenvalue weighted by Gasteiger charge is 2.08. The number of thiophene rings is 1. The molecule has 68 valence electrons. The van der Waals surface area contributed by atoms with Gasteiger partial charge < -0.3 is 5.11 Å². The fourth-order valence-corrected chi connectivity index (χ4v) is 3.28. The topological polar surface area (TPSA) is 20.2 Å². The first-order valence-corrected chi connectivity index (χ1v) is 6.08. The zero-order valence-electron chi connectivity index (χ0n) is 7.50. The van der Waals surface area contributed by atoms with Crippen molar-refractivity contribution in [2.24, 2.45) is 0 Å². The van der Waals surface area contributed by atoms with E-state index in [0.717, 1.165) is 10.9 Å². The van der Waals surface area contributed by atoms with E-state index < -0.39 is 0 Å². The smallest absolute Gasteiger partial charge is 0.124 e. The van der Waals surface area contributed by atoms with Crippen molar-refractivity contribution in [3.63, 3.8) is 0 Å². The molecule has 13 heavy (non-hydrogen) atoms. The number of hydrogen-bond acceptors (Lipinski definition) is 3. The Kier molecular flexibility index (Phi) is 2.22. The van der Waals surface area contributed by atoms with Gasteiger partial charge in [0.25, 0.3) is 0 Å². The molecule has 0 unspecified atom stereocenters. The molecule has 1 nitrogen and oxygen atoms in total. The summed E-state index contributed by atoms with van der Waals surface area (Å²) >= 11 is 3.42. The monoisotopic (exact) mass is 210 g/mol. The van der Waals surface area contributed by atoms with E-state index in [2.05, 4.69) is 11.6 Å². The van der Waals surface area contributed by atoms with E-state index >= 15 is 0 Å². The highest BCUT2D eigenvalue weighted by atomic mass is 32.2. The van der Waals surface area contributed by atoms with E-state index in [1.807, 2.05) is 13.0 Å². The molecular formula is C10H10OS2. The summed E-state index contributed by atoms with van der Waals surface area (Å²) in [6.45, 7) is 2.03. The van der Waals surface area contributed by atoms with Crippen LogP contribution in [0.5, 0.6) is 5.75 Å². The number of aromatic hydroxyl groups is 1. The van der Waals surface area contributed by atoms with Crippen molar-refractivity contribution >= 4 is 33.2 Å². The van der Waals surface area contributed by atoms with Gasteiger partial charge in [-0.2, -0.15) is 0 Å². The van der Waals surface area contributed by atoms with Crippen LogP contribution in [0.1, 0.15) is 5.56 Å². The van der Waals surface area contributed by atoms with Gasteiger partial charge in [0, 0.05) is 10.3 Å². The van der Waals surface area contributed by atoms with E-state index in [4.69, 9.17) is 0 Å². The molecule has 0 aliphatic heterocycles. The van der Waals surface area contributed by atoms with Crippen LogP contribution in [0.25, 0.3) is 10.1 Å². The molecule has 1 aromatic carbocycles. The van der Waals surface area contributed by atoms with E-state index in [1.54, 1.807) is 29.2 Å². The molecule has 0 fully saturated rings. The fraction of sp³-hybridized carbons (Fsp3) is 0.200. The van der Waals surface area contributed by atoms with Crippen LogP contribution in [0, 0.1) is 6.92 Å². The second kappa shape index (κ2) is 3.24. The van der Waals surface area contributed by atoms with Crippen molar-refractivity contribution in [3.05, 3.63) is 23.1 Å². The molecule has 2 rings (SSSR count). The molecule has 0 atom stereocenters. The number of rotatable bonds is 1. The largest absolute Gasteiger partial charge is 0.507 e. The molecule has 1 N–H and O–H groups in total. The lowest BCUT2D eigenvalue weighted by molar-refractivity contribution is 0.481. The van der Waals surface area contributed by atoms with Crippen molar-refractivity contribution in [3.8, 4) is 5.75 Å². The second-order valence-electron chi connectivity index (χ2n) is 2.91. The summed E-state index contributed by atoms with van der Waals surface area (Å²) in [6, 6.07) is 3.74. The van der Waals surface area contributed by atoms with Crippen molar-refractivity contribution in [2.75, 3.05) is 6.26 Å². The summed E-state index contributed by atoms with van der Waals surface area (Å²) in [6.07, 6.45) is 2.06. The molecule has 3 heteroatoms. The Bertz CT molecular complexity index is 445. The molecule has 0 bridgehead atoms. The lowest BCUT2D eigenvalue weighted by Crippen LogP contribution is -1.74. The van der Waals surface area contributed by atoms with Crippen LogP contribution in [-0.4, -0.2) is 11.4 Å². The van der Waals surface area contributed by atoms with Crippen LogP contribution in [0.15, 0.2) is 22.4 Å². The number of aryl methyl sites for hydroxylation is 1. The summed E-state index contributed by atoms with van der Waals surface area (Å²) < 4.78 is 1.20. The number of phenols is 1. The predicted molar refractivity (Wildman–Crippen MR) is 60.0 cm³/mol. The number of phenolic OH excluding ortho intramolecular Hbond substituents is 1. The highest BCUT2D eigenvalue weighted by molar-refractivity contribution is 7.99. The summed E-state index contributed by atoms with van der Waals surface area (Å²) in [7, 11) is 0. The first-order chi connectivity index (χ1) is 6.24.